The first-order chi connectivity index (χ1) is 10.3. The van der Waals surface area contributed by atoms with Crippen molar-refractivity contribution < 1.29 is 19.1 Å². The zero-order chi connectivity index (χ0) is 16.4. The molecule has 0 atom stereocenters. The fourth-order valence-corrected chi connectivity index (χ4v) is 3.00. The molecule has 0 aromatic carbocycles. The second-order valence-electron chi connectivity index (χ2n) is 5.26. The number of aryl methyl sites for hydroxylation is 2. The standard InChI is InChI=1S/C15H18N2O4S/c1-8(2)17(7-12(18)19)15(20)13-10(4)16-14(22-13)11-6-5-9(3)21-11/h5-6,8H,7H2,1-4H3,(H,18,19). The average molecular weight is 322 g/mol. The molecule has 1 amide bonds. The molecule has 0 saturated carbocycles. The number of carboxylic acids is 1. The number of carboxylic acid groups (broad SMARTS) is 1. The quantitative estimate of drug-likeness (QED) is 0.915. The molecular formula is C15H18N2O4S. The highest BCUT2D eigenvalue weighted by Crippen LogP contribution is 2.30. The van der Waals surface area contributed by atoms with Crippen molar-refractivity contribution in [3.8, 4) is 10.8 Å². The van der Waals surface area contributed by atoms with E-state index in [9.17, 15) is 9.59 Å². The summed E-state index contributed by atoms with van der Waals surface area (Å²) in [6, 6.07) is 3.43. The normalized spacial score (nSPS) is 11.0. The van der Waals surface area contributed by atoms with E-state index in [1.165, 1.54) is 16.2 Å². The van der Waals surface area contributed by atoms with Crippen molar-refractivity contribution in [2.45, 2.75) is 33.7 Å². The molecule has 118 valence electrons. The van der Waals surface area contributed by atoms with Crippen molar-refractivity contribution in [2.75, 3.05) is 6.54 Å². The SMILES string of the molecule is Cc1ccc(-c2nc(C)c(C(=O)N(CC(=O)O)C(C)C)s2)o1. The molecule has 0 aliphatic rings. The maximum Gasteiger partial charge on any atom is 0.323 e. The zero-order valence-electron chi connectivity index (χ0n) is 12.9. The van der Waals surface area contributed by atoms with Crippen LogP contribution in [0, 0.1) is 13.8 Å². The molecule has 2 heterocycles. The van der Waals surface area contributed by atoms with Gasteiger partial charge in [-0.3, -0.25) is 9.59 Å². The van der Waals surface area contributed by atoms with Crippen molar-refractivity contribution in [3.05, 3.63) is 28.5 Å². The molecule has 0 saturated heterocycles. The molecule has 0 radical (unpaired) electrons. The molecule has 22 heavy (non-hydrogen) atoms. The Hall–Kier alpha value is -2.15. The van der Waals surface area contributed by atoms with E-state index in [2.05, 4.69) is 4.98 Å². The summed E-state index contributed by atoms with van der Waals surface area (Å²) in [6.07, 6.45) is 0. The minimum absolute atomic E-state index is 0.209. The maximum absolute atomic E-state index is 12.6. The smallest absolute Gasteiger partial charge is 0.323 e. The van der Waals surface area contributed by atoms with Crippen LogP contribution in [0.2, 0.25) is 0 Å². The van der Waals surface area contributed by atoms with Crippen molar-refractivity contribution in [3.63, 3.8) is 0 Å². The maximum atomic E-state index is 12.6. The molecule has 0 fully saturated rings. The number of aliphatic carboxylic acids is 1. The Balaban J connectivity index is 2.33. The third kappa shape index (κ3) is 3.36. The van der Waals surface area contributed by atoms with E-state index in [-0.39, 0.29) is 18.5 Å². The first-order valence-electron chi connectivity index (χ1n) is 6.86. The van der Waals surface area contributed by atoms with E-state index < -0.39 is 5.97 Å². The molecule has 6 nitrogen and oxygen atoms in total. The number of aromatic nitrogens is 1. The van der Waals surface area contributed by atoms with E-state index in [1.54, 1.807) is 26.8 Å². The highest BCUT2D eigenvalue weighted by molar-refractivity contribution is 7.17. The van der Waals surface area contributed by atoms with Gasteiger partial charge in [-0.05, 0) is 39.8 Å². The van der Waals surface area contributed by atoms with Crippen molar-refractivity contribution in [2.24, 2.45) is 0 Å². The number of thiazole rings is 1. The number of hydrogen-bond donors (Lipinski definition) is 1. The predicted molar refractivity (Wildman–Crippen MR) is 83.1 cm³/mol. The van der Waals surface area contributed by atoms with Gasteiger partial charge in [-0.2, -0.15) is 0 Å². The van der Waals surface area contributed by atoms with Crippen LogP contribution in [-0.2, 0) is 4.79 Å². The van der Waals surface area contributed by atoms with Crippen molar-refractivity contribution in [1.29, 1.82) is 0 Å². The molecule has 0 bridgehead atoms. The minimum atomic E-state index is -1.04. The van der Waals surface area contributed by atoms with Crippen LogP contribution >= 0.6 is 11.3 Å². The Morgan fingerprint density at radius 2 is 2.05 bits per heavy atom. The highest BCUT2D eigenvalue weighted by atomic mass is 32.1. The van der Waals surface area contributed by atoms with Crippen molar-refractivity contribution >= 4 is 23.2 Å². The Bertz CT molecular complexity index is 702. The predicted octanol–water partition coefficient (Wildman–Crippen LogP) is 2.96. The number of carbonyl (C=O) groups excluding carboxylic acids is 1. The van der Waals surface area contributed by atoms with Gasteiger partial charge in [0.15, 0.2) is 10.8 Å². The lowest BCUT2D eigenvalue weighted by atomic mass is 10.2. The van der Waals surface area contributed by atoms with Crippen LogP contribution in [0.4, 0.5) is 0 Å². The first-order valence-corrected chi connectivity index (χ1v) is 7.68. The number of hydrogen-bond acceptors (Lipinski definition) is 5. The van der Waals surface area contributed by atoms with Gasteiger partial charge in [0.2, 0.25) is 0 Å². The average Bonchev–Trinajstić information content (AvgIpc) is 3.01. The number of furan rings is 1. The van der Waals surface area contributed by atoms with Crippen LogP contribution < -0.4 is 0 Å². The van der Waals surface area contributed by atoms with E-state index in [0.29, 0.717) is 21.3 Å². The van der Waals surface area contributed by atoms with Crippen LogP contribution in [0.3, 0.4) is 0 Å². The number of rotatable bonds is 5. The summed E-state index contributed by atoms with van der Waals surface area (Å²) in [5.41, 5.74) is 0.579. The number of amides is 1. The van der Waals surface area contributed by atoms with E-state index >= 15 is 0 Å². The summed E-state index contributed by atoms with van der Waals surface area (Å²) >= 11 is 1.22. The molecule has 0 aliphatic heterocycles. The van der Waals surface area contributed by atoms with Gasteiger partial charge in [-0.15, -0.1) is 11.3 Å². The molecular weight excluding hydrogens is 304 g/mol. The fourth-order valence-electron chi connectivity index (χ4n) is 2.01. The lowest BCUT2D eigenvalue weighted by Crippen LogP contribution is -2.40. The Morgan fingerprint density at radius 1 is 1.36 bits per heavy atom. The van der Waals surface area contributed by atoms with Gasteiger partial charge in [0.1, 0.15) is 17.2 Å². The minimum Gasteiger partial charge on any atom is -0.480 e. The first kappa shape index (κ1) is 16.2. The summed E-state index contributed by atoms with van der Waals surface area (Å²) in [6.45, 7) is 6.82. The van der Waals surface area contributed by atoms with E-state index in [4.69, 9.17) is 9.52 Å². The molecule has 0 unspecified atom stereocenters. The second-order valence-corrected chi connectivity index (χ2v) is 6.26. The number of carbonyl (C=O) groups is 2. The largest absolute Gasteiger partial charge is 0.480 e. The Labute approximate surface area is 132 Å². The monoisotopic (exact) mass is 322 g/mol. The van der Waals surface area contributed by atoms with Gasteiger partial charge >= 0.3 is 5.97 Å². The van der Waals surface area contributed by atoms with Gasteiger partial charge in [0, 0.05) is 6.04 Å². The van der Waals surface area contributed by atoms with Crippen LogP contribution in [0.15, 0.2) is 16.5 Å². The molecule has 0 spiro atoms. The molecule has 1 N–H and O–H groups in total. The summed E-state index contributed by atoms with van der Waals surface area (Å²) in [5, 5.41) is 9.58. The van der Waals surface area contributed by atoms with Crippen LogP contribution in [-0.4, -0.2) is 39.5 Å². The molecule has 0 aliphatic carbocycles. The summed E-state index contributed by atoms with van der Waals surface area (Å²) in [7, 11) is 0. The van der Waals surface area contributed by atoms with E-state index in [1.807, 2.05) is 13.0 Å². The van der Waals surface area contributed by atoms with Gasteiger partial charge < -0.3 is 14.4 Å². The number of nitrogens with zero attached hydrogens (tertiary/aromatic N) is 2. The van der Waals surface area contributed by atoms with Crippen molar-refractivity contribution in [1.82, 2.24) is 9.88 Å². The molecule has 2 aromatic heterocycles. The lowest BCUT2D eigenvalue weighted by Gasteiger charge is -2.24. The second kappa shape index (κ2) is 6.31. The molecule has 2 aromatic rings. The van der Waals surface area contributed by atoms with Gasteiger partial charge in [-0.1, -0.05) is 0 Å². The van der Waals surface area contributed by atoms with Gasteiger partial charge in [0.05, 0.1) is 5.69 Å². The van der Waals surface area contributed by atoms with Crippen LogP contribution in [0.25, 0.3) is 10.8 Å². The Kier molecular flexibility index (Phi) is 4.65. The molecule has 2 rings (SSSR count). The highest BCUT2D eigenvalue weighted by Gasteiger charge is 2.26. The lowest BCUT2D eigenvalue weighted by molar-refractivity contribution is -0.138. The topological polar surface area (TPSA) is 83.6 Å². The third-order valence-electron chi connectivity index (χ3n) is 3.13. The summed E-state index contributed by atoms with van der Waals surface area (Å²) in [4.78, 5) is 29.7. The fraction of sp³-hybridized carbons (Fsp3) is 0.400. The van der Waals surface area contributed by atoms with E-state index in [0.717, 1.165) is 5.76 Å². The summed E-state index contributed by atoms with van der Waals surface area (Å²) < 4.78 is 5.52. The van der Waals surface area contributed by atoms with Crippen LogP contribution in [0.5, 0.6) is 0 Å². The van der Waals surface area contributed by atoms with Gasteiger partial charge in [0.25, 0.3) is 5.91 Å². The Morgan fingerprint density at radius 3 is 2.55 bits per heavy atom. The third-order valence-corrected chi connectivity index (χ3v) is 4.29. The van der Waals surface area contributed by atoms with Crippen LogP contribution in [0.1, 0.15) is 35.0 Å². The van der Waals surface area contributed by atoms with Gasteiger partial charge in [-0.25, -0.2) is 4.98 Å². The molecule has 7 heteroatoms. The summed E-state index contributed by atoms with van der Waals surface area (Å²) in [5.74, 6) is 0.0254. The zero-order valence-corrected chi connectivity index (χ0v) is 13.7.